The van der Waals surface area contributed by atoms with Gasteiger partial charge in [-0.3, -0.25) is 9.59 Å². The zero-order valence-corrected chi connectivity index (χ0v) is 22.8. The second-order valence-corrected chi connectivity index (χ2v) is 11.3. The zero-order valence-electron chi connectivity index (χ0n) is 22.8. The van der Waals surface area contributed by atoms with Gasteiger partial charge in [-0.2, -0.15) is 0 Å². The van der Waals surface area contributed by atoms with E-state index in [1.165, 1.54) is 11.1 Å². The van der Waals surface area contributed by atoms with Gasteiger partial charge in [0.1, 0.15) is 5.75 Å². The quantitative estimate of drug-likeness (QED) is 0.370. The topological polar surface area (TPSA) is 49.9 Å². The number of rotatable bonds is 7. The van der Waals surface area contributed by atoms with Crippen LogP contribution in [0.25, 0.3) is 0 Å². The summed E-state index contributed by atoms with van der Waals surface area (Å²) in [6.45, 7) is 8.69. The summed E-state index contributed by atoms with van der Waals surface area (Å²) < 4.78 is 5.72. The number of ether oxygens (including phenoxy) is 1. The molecule has 2 amide bonds. The first-order valence-electron chi connectivity index (χ1n) is 13.8. The van der Waals surface area contributed by atoms with Crippen LogP contribution in [0.3, 0.4) is 0 Å². The van der Waals surface area contributed by atoms with Crippen LogP contribution in [0.5, 0.6) is 5.75 Å². The van der Waals surface area contributed by atoms with Gasteiger partial charge in [0.15, 0.2) is 6.61 Å². The number of carbonyl (C=O) groups is 2. The van der Waals surface area contributed by atoms with E-state index in [0.717, 1.165) is 55.8 Å². The van der Waals surface area contributed by atoms with Crippen molar-refractivity contribution >= 4 is 17.5 Å². The summed E-state index contributed by atoms with van der Waals surface area (Å²) in [5.41, 5.74) is 5.09. The summed E-state index contributed by atoms with van der Waals surface area (Å²) >= 11 is 0. The van der Waals surface area contributed by atoms with E-state index >= 15 is 0 Å². The fourth-order valence-corrected chi connectivity index (χ4v) is 5.41. The van der Waals surface area contributed by atoms with Crippen LogP contribution in [0, 0.1) is 5.92 Å². The van der Waals surface area contributed by atoms with E-state index in [1.807, 2.05) is 40.1 Å². The van der Waals surface area contributed by atoms with Gasteiger partial charge < -0.3 is 14.5 Å². The van der Waals surface area contributed by atoms with Crippen molar-refractivity contribution in [1.29, 1.82) is 0 Å². The summed E-state index contributed by atoms with van der Waals surface area (Å²) in [6, 6.07) is 24.5. The lowest BCUT2D eigenvalue weighted by molar-refractivity contribution is -0.121. The summed E-state index contributed by atoms with van der Waals surface area (Å²) in [7, 11) is 0. The molecular formula is C33H38N2O3. The summed E-state index contributed by atoms with van der Waals surface area (Å²) in [5.74, 6) is 1.40. The lowest BCUT2D eigenvalue weighted by Gasteiger charge is -2.32. The maximum absolute atomic E-state index is 13.2. The van der Waals surface area contributed by atoms with Gasteiger partial charge >= 0.3 is 0 Å². The highest BCUT2D eigenvalue weighted by Crippen LogP contribution is 2.38. The van der Waals surface area contributed by atoms with E-state index in [0.29, 0.717) is 18.0 Å². The summed E-state index contributed by atoms with van der Waals surface area (Å²) in [4.78, 5) is 29.8. The minimum absolute atomic E-state index is 0.0131. The molecule has 38 heavy (non-hydrogen) atoms. The van der Waals surface area contributed by atoms with Crippen LogP contribution < -0.4 is 9.64 Å². The van der Waals surface area contributed by atoms with Crippen molar-refractivity contribution in [3.8, 4) is 5.75 Å². The maximum atomic E-state index is 13.2. The highest BCUT2D eigenvalue weighted by molar-refractivity contribution is 5.98. The highest BCUT2D eigenvalue weighted by Gasteiger charge is 2.29. The Labute approximate surface area is 226 Å². The van der Waals surface area contributed by atoms with E-state index < -0.39 is 0 Å². The SMILES string of the molecule is CCC(C)(C)c1ccc2c(c1)N(Cc1ccc(C(=O)N3CCC(Cc4ccccc4)CC3)cc1)C(=O)CO2. The molecule has 5 heteroatoms. The number of amides is 2. The fourth-order valence-electron chi connectivity index (χ4n) is 5.41. The molecule has 0 spiro atoms. The van der Waals surface area contributed by atoms with E-state index in [4.69, 9.17) is 4.74 Å². The maximum Gasteiger partial charge on any atom is 0.265 e. The summed E-state index contributed by atoms with van der Waals surface area (Å²) in [6.07, 6.45) is 4.15. The third kappa shape index (κ3) is 5.62. The number of likely N-dealkylation sites (tertiary alicyclic amines) is 1. The number of anilines is 1. The molecule has 0 aliphatic carbocycles. The predicted octanol–water partition coefficient (Wildman–Crippen LogP) is 6.39. The molecule has 1 saturated heterocycles. The average molecular weight is 511 g/mol. The number of fused-ring (bicyclic) bond motifs is 1. The largest absolute Gasteiger partial charge is 0.482 e. The standard InChI is InChI=1S/C33H38N2O3/c1-4-33(2,3)28-14-15-30-29(21-28)35(31(36)23-38-30)22-26-10-12-27(13-11-26)32(37)34-18-16-25(17-19-34)20-24-8-6-5-7-9-24/h5-15,21,25H,4,16-20,22-23H2,1-3H3. The molecule has 3 aromatic carbocycles. The molecule has 198 valence electrons. The number of piperidine rings is 1. The first kappa shape index (κ1) is 26.0. The van der Waals surface area contributed by atoms with E-state index in [2.05, 4.69) is 63.2 Å². The van der Waals surface area contributed by atoms with Gasteiger partial charge in [0.05, 0.1) is 12.2 Å². The second kappa shape index (κ2) is 11.0. The molecule has 0 radical (unpaired) electrons. The molecule has 0 aromatic heterocycles. The molecule has 0 N–H and O–H groups in total. The van der Waals surface area contributed by atoms with Crippen molar-refractivity contribution in [2.24, 2.45) is 5.92 Å². The molecule has 2 aliphatic heterocycles. The third-order valence-electron chi connectivity index (χ3n) is 8.38. The molecule has 5 nitrogen and oxygen atoms in total. The molecule has 2 heterocycles. The molecule has 2 aliphatic rings. The fraction of sp³-hybridized carbons (Fsp3) is 0.394. The van der Waals surface area contributed by atoms with Crippen molar-refractivity contribution in [2.75, 3.05) is 24.6 Å². The average Bonchev–Trinajstić information content (AvgIpc) is 2.95. The zero-order chi connectivity index (χ0) is 26.7. The van der Waals surface area contributed by atoms with Crippen LogP contribution in [-0.2, 0) is 23.2 Å². The molecule has 3 aromatic rings. The van der Waals surface area contributed by atoms with Crippen LogP contribution in [0.15, 0.2) is 72.8 Å². The van der Waals surface area contributed by atoms with Gasteiger partial charge in [-0.05, 0) is 78.0 Å². The van der Waals surface area contributed by atoms with Crippen molar-refractivity contribution in [3.63, 3.8) is 0 Å². The molecule has 0 atom stereocenters. The Morgan fingerprint density at radius 2 is 1.66 bits per heavy atom. The second-order valence-electron chi connectivity index (χ2n) is 11.3. The number of hydrogen-bond acceptors (Lipinski definition) is 3. The number of nitrogens with zero attached hydrogens (tertiary/aromatic N) is 2. The first-order valence-corrected chi connectivity index (χ1v) is 13.8. The lowest BCUT2D eigenvalue weighted by Crippen LogP contribution is -2.39. The Kier molecular flexibility index (Phi) is 7.55. The number of hydrogen-bond donors (Lipinski definition) is 0. The lowest BCUT2D eigenvalue weighted by atomic mass is 9.82. The Hall–Kier alpha value is -3.60. The molecular weight excluding hydrogens is 472 g/mol. The van der Waals surface area contributed by atoms with Gasteiger partial charge in [0.2, 0.25) is 0 Å². The van der Waals surface area contributed by atoms with Gasteiger partial charge in [-0.15, -0.1) is 0 Å². The van der Waals surface area contributed by atoms with Gasteiger partial charge in [-0.1, -0.05) is 69.3 Å². The first-order chi connectivity index (χ1) is 18.3. The van der Waals surface area contributed by atoms with Gasteiger partial charge in [0, 0.05) is 18.7 Å². The smallest absolute Gasteiger partial charge is 0.265 e. The monoisotopic (exact) mass is 510 g/mol. The Morgan fingerprint density at radius 1 is 0.947 bits per heavy atom. The Bertz CT molecular complexity index is 1280. The van der Waals surface area contributed by atoms with Crippen molar-refractivity contribution in [2.45, 2.75) is 58.4 Å². The molecule has 0 unspecified atom stereocenters. The minimum Gasteiger partial charge on any atom is -0.482 e. The Morgan fingerprint density at radius 3 is 2.34 bits per heavy atom. The van der Waals surface area contributed by atoms with Crippen LogP contribution >= 0.6 is 0 Å². The highest BCUT2D eigenvalue weighted by atomic mass is 16.5. The van der Waals surface area contributed by atoms with Crippen LogP contribution in [0.2, 0.25) is 0 Å². The number of carbonyl (C=O) groups excluding carboxylic acids is 2. The van der Waals surface area contributed by atoms with E-state index in [-0.39, 0.29) is 23.8 Å². The molecule has 0 bridgehead atoms. The van der Waals surface area contributed by atoms with Crippen molar-refractivity contribution in [3.05, 3.63) is 95.1 Å². The molecule has 5 rings (SSSR count). The normalized spacial score (nSPS) is 16.2. The van der Waals surface area contributed by atoms with E-state index in [1.54, 1.807) is 0 Å². The van der Waals surface area contributed by atoms with Crippen LogP contribution in [-0.4, -0.2) is 36.4 Å². The number of benzene rings is 3. The van der Waals surface area contributed by atoms with Crippen LogP contribution in [0.4, 0.5) is 5.69 Å². The van der Waals surface area contributed by atoms with Crippen LogP contribution in [0.1, 0.15) is 67.1 Å². The Balaban J connectivity index is 1.23. The van der Waals surface area contributed by atoms with Crippen molar-refractivity contribution < 1.29 is 14.3 Å². The van der Waals surface area contributed by atoms with Gasteiger partial charge in [0.25, 0.3) is 11.8 Å². The summed E-state index contributed by atoms with van der Waals surface area (Å²) in [5, 5.41) is 0. The molecule has 0 saturated carbocycles. The third-order valence-corrected chi connectivity index (χ3v) is 8.38. The van der Waals surface area contributed by atoms with Crippen molar-refractivity contribution in [1.82, 2.24) is 4.90 Å². The van der Waals surface area contributed by atoms with E-state index in [9.17, 15) is 9.59 Å². The minimum atomic E-state index is -0.0533. The van der Waals surface area contributed by atoms with Gasteiger partial charge in [-0.25, -0.2) is 0 Å². The molecule has 1 fully saturated rings. The predicted molar refractivity (Wildman–Crippen MR) is 152 cm³/mol.